The van der Waals surface area contributed by atoms with E-state index in [1.165, 1.54) is 15.9 Å². The largest absolute Gasteiger partial charge is 0.481 e. The average molecular weight is 363 g/mol. The van der Waals surface area contributed by atoms with E-state index in [4.69, 9.17) is 16.7 Å². The van der Waals surface area contributed by atoms with Crippen molar-refractivity contribution in [2.24, 2.45) is 0 Å². The van der Waals surface area contributed by atoms with Gasteiger partial charge in [0, 0.05) is 28.9 Å². The third-order valence-electron chi connectivity index (χ3n) is 3.79. The highest BCUT2D eigenvalue weighted by Gasteiger charge is 2.16. The van der Waals surface area contributed by atoms with Gasteiger partial charge < -0.3 is 5.11 Å². The molecule has 0 fully saturated rings. The number of hydrogen-bond acceptors (Lipinski definition) is 4. The van der Waals surface area contributed by atoms with Crippen molar-refractivity contribution in [1.29, 1.82) is 0 Å². The molecule has 2 aromatic heterocycles. The molecule has 3 rings (SSSR count). The molecule has 0 atom stereocenters. The van der Waals surface area contributed by atoms with Gasteiger partial charge in [0.05, 0.1) is 11.8 Å². The van der Waals surface area contributed by atoms with Gasteiger partial charge in [0.2, 0.25) is 0 Å². The first-order valence-corrected chi connectivity index (χ1v) is 8.75. The van der Waals surface area contributed by atoms with Gasteiger partial charge in [0.25, 0.3) is 5.56 Å². The molecule has 1 N–H and O–H groups in total. The van der Waals surface area contributed by atoms with E-state index in [1.807, 2.05) is 24.4 Å². The second-order valence-electron chi connectivity index (χ2n) is 5.32. The lowest BCUT2D eigenvalue weighted by molar-refractivity contribution is -0.137. The summed E-state index contributed by atoms with van der Waals surface area (Å²) < 4.78 is 1.47. The topological polar surface area (TPSA) is 72.2 Å². The molecule has 0 saturated carbocycles. The van der Waals surface area contributed by atoms with Crippen LogP contribution in [0.1, 0.15) is 19.2 Å². The molecule has 1 aromatic carbocycles. The van der Waals surface area contributed by atoms with Crippen LogP contribution in [0.15, 0.2) is 34.4 Å². The first-order chi connectivity index (χ1) is 11.5. The number of benzene rings is 1. The van der Waals surface area contributed by atoms with E-state index >= 15 is 0 Å². The molecule has 7 heteroatoms. The number of aromatic nitrogens is 2. The van der Waals surface area contributed by atoms with Crippen molar-refractivity contribution >= 4 is 39.1 Å². The van der Waals surface area contributed by atoms with Gasteiger partial charge in [-0.15, -0.1) is 11.3 Å². The Morgan fingerprint density at radius 3 is 2.67 bits per heavy atom. The van der Waals surface area contributed by atoms with E-state index < -0.39 is 5.97 Å². The normalized spacial score (nSPS) is 11.1. The zero-order valence-electron chi connectivity index (χ0n) is 13.0. The summed E-state index contributed by atoms with van der Waals surface area (Å²) in [5, 5.41) is 12.0. The third kappa shape index (κ3) is 3.07. The van der Waals surface area contributed by atoms with Crippen LogP contribution >= 0.6 is 22.9 Å². The van der Waals surface area contributed by atoms with E-state index in [0.717, 1.165) is 11.1 Å². The van der Waals surface area contributed by atoms with Crippen LogP contribution in [0.2, 0.25) is 5.02 Å². The maximum absolute atomic E-state index is 13.0. The Morgan fingerprint density at radius 1 is 1.33 bits per heavy atom. The van der Waals surface area contributed by atoms with Crippen LogP contribution in [0, 0.1) is 0 Å². The number of hydrogen-bond donors (Lipinski definition) is 1. The van der Waals surface area contributed by atoms with Crippen molar-refractivity contribution in [2.75, 3.05) is 0 Å². The number of carboxylic acids is 1. The fourth-order valence-electron chi connectivity index (χ4n) is 2.62. The van der Waals surface area contributed by atoms with Crippen LogP contribution in [0.4, 0.5) is 0 Å². The monoisotopic (exact) mass is 362 g/mol. The summed E-state index contributed by atoms with van der Waals surface area (Å²) in [7, 11) is 0. The maximum atomic E-state index is 13.0. The van der Waals surface area contributed by atoms with Crippen molar-refractivity contribution in [3.8, 4) is 11.1 Å². The number of carboxylic acid groups (broad SMARTS) is 1. The van der Waals surface area contributed by atoms with Gasteiger partial charge in [0.15, 0.2) is 0 Å². The Bertz CT molecular complexity index is 960. The van der Waals surface area contributed by atoms with Crippen molar-refractivity contribution in [1.82, 2.24) is 9.55 Å². The Kier molecular flexibility index (Phi) is 4.69. The van der Waals surface area contributed by atoms with Crippen molar-refractivity contribution in [3.63, 3.8) is 0 Å². The molecular weight excluding hydrogens is 348 g/mol. The average Bonchev–Trinajstić information content (AvgIpc) is 2.98. The Balaban J connectivity index is 2.20. The molecule has 124 valence electrons. The van der Waals surface area contributed by atoms with E-state index in [0.29, 0.717) is 27.5 Å². The summed E-state index contributed by atoms with van der Waals surface area (Å²) in [5.74, 6) is -0.328. The minimum atomic E-state index is -0.938. The number of aryl methyl sites for hydroxylation is 1. The molecular formula is C17H15ClN2O3S. The quantitative estimate of drug-likeness (QED) is 0.749. The molecule has 3 aromatic rings. The van der Waals surface area contributed by atoms with Gasteiger partial charge in [-0.05, 0) is 17.7 Å². The second kappa shape index (κ2) is 6.75. The predicted octanol–water partition coefficient (Wildman–Crippen LogP) is 3.82. The summed E-state index contributed by atoms with van der Waals surface area (Å²) in [6.45, 7) is 2.02. The maximum Gasteiger partial charge on any atom is 0.305 e. The summed E-state index contributed by atoms with van der Waals surface area (Å²) in [6, 6.07) is 7.27. The second-order valence-corrected chi connectivity index (χ2v) is 6.61. The summed E-state index contributed by atoms with van der Waals surface area (Å²) in [6.07, 6.45) is 0.458. The molecule has 0 radical (unpaired) electrons. The third-order valence-corrected chi connectivity index (χ3v) is 4.92. The van der Waals surface area contributed by atoms with Crippen LogP contribution in [-0.2, 0) is 17.8 Å². The van der Waals surface area contributed by atoms with Crippen molar-refractivity contribution in [3.05, 3.63) is 50.8 Å². The molecule has 0 aliphatic carbocycles. The minimum Gasteiger partial charge on any atom is -0.481 e. The number of carbonyl (C=O) groups is 1. The van der Waals surface area contributed by atoms with Gasteiger partial charge in [-0.25, -0.2) is 4.98 Å². The molecule has 0 saturated heterocycles. The number of nitrogens with zero attached hydrogens (tertiary/aromatic N) is 2. The summed E-state index contributed by atoms with van der Waals surface area (Å²) in [4.78, 5) is 29.1. The molecule has 0 aliphatic heterocycles. The molecule has 0 unspecified atom stereocenters. The SMILES string of the molecule is CCc1nc2scc(-c3ccc(Cl)cc3)c2c(=O)n1CCC(=O)O. The van der Waals surface area contributed by atoms with Gasteiger partial charge >= 0.3 is 5.97 Å². The molecule has 0 spiro atoms. The predicted molar refractivity (Wildman–Crippen MR) is 96.0 cm³/mol. The van der Waals surface area contributed by atoms with Gasteiger partial charge in [-0.3, -0.25) is 14.2 Å². The number of halogens is 1. The molecule has 24 heavy (non-hydrogen) atoms. The van der Waals surface area contributed by atoms with Gasteiger partial charge in [-0.2, -0.15) is 0 Å². The number of aliphatic carboxylic acids is 1. The minimum absolute atomic E-state index is 0.111. The van der Waals surface area contributed by atoms with E-state index in [9.17, 15) is 9.59 Å². The highest BCUT2D eigenvalue weighted by molar-refractivity contribution is 7.17. The number of fused-ring (bicyclic) bond motifs is 1. The van der Waals surface area contributed by atoms with Crippen LogP contribution in [0.3, 0.4) is 0 Å². The zero-order chi connectivity index (χ0) is 17.3. The highest BCUT2D eigenvalue weighted by atomic mass is 35.5. The number of rotatable bonds is 5. The highest BCUT2D eigenvalue weighted by Crippen LogP contribution is 2.31. The lowest BCUT2D eigenvalue weighted by Crippen LogP contribution is -2.26. The van der Waals surface area contributed by atoms with E-state index in [1.54, 1.807) is 12.1 Å². The van der Waals surface area contributed by atoms with Crippen LogP contribution in [-0.4, -0.2) is 20.6 Å². The fraction of sp³-hybridized carbons (Fsp3) is 0.235. The van der Waals surface area contributed by atoms with Gasteiger partial charge in [0.1, 0.15) is 10.7 Å². The molecule has 0 aliphatic rings. The molecule has 5 nitrogen and oxygen atoms in total. The smallest absolute Gasteiger partial charge is 0.305 e. The fourth-order valence-corrected chi connectivity index (χ4v) is 3.70. The van der Waals surface area contributed by atoms with Gasteiger partial charge in [-0.1, -0.05) is 30.7 Å². The van der Waals surface area contributed by atoms with E-state index in [-0.39, 0.29) is 18.5 Å². The lowest BCUT2D eigenvalue weighted by atomic mass is 10.1. The molecule has 0 amide bonds. The zero-order valence-corrected chi connectivity index (χ0v) is 14.5. The summed E-state index contributed by atoms with van der Waals surface area (Å²) in [5.41, 5.74) is 1.50. The summed E-state index contributed by atoms with van der Waals surface area (Å²) >= 11 is 7.34. The van der Waals surface area contributed by atoms with Crippen LogP contribution < -0.4 is 5.56 Å². The van der Waals surface area contributed by atoms with Crippen LogP contribution in [0.5, 0.6) is 0 Å². The first-order valence-electron chi connectivity index (χ1n) is 7.50. The first kappa shape index (κ1) is 16.7. The lowest BCUT2D eigenvalue weighted by Gasteiger charge is -2.10. The van der Waals surface area contributed by atoms with Crippen molar-refractivity contribution < 1.29 is 9.90 Å². The van der Waals surface area contributed by atoms with Crippen LogP contribution in [0.25, 0.3) is 21.3 Å². The van der Waals surface area contributed by atoms with E-state index in [2.05, 4.69) is 4.98 Å². The number of thiophene rings is 1. The molecule has 2 heterocycles. The Morgan fingerprint density at radius 2 is 2.04 bits per heavy atom. The Labute approximate surface area is 147 Å². The standard InChI is InChI=1S/C17H15ClN2O3S/c1-2-13-19-16-15(17(23)20(13)8-7-14(21)22)12(9-24-16)10-3-5-11(18)6-4-10/h3-6,9H,2,7-8H2,1H3,(H,21,22). The Hall–Kier alpha value is -2.18. The molecule has 0 bridgehead atoms. The van der Waals surface area contributed by atoms with Crippen molar-refractivity contribution in [2.45, 2.75) is 26.3 Å².